The van der Waals surface area contributed by atoms with Crippen LogP contribution in [0.4, 0.5) is 5.69 Å². The van der Waals surface area contributed by atoms with Crippen molar-refractivity contribution in [2.24, 2.45) is 0 Å². The molecule has 1 aromatic carbocycles. The zero-order valence-electron chi connectivity index (χ0n) is 4.87. The number of benzene rings is 1. The van der Waals surface area contributed by atoms with Crippen LogP contribution in [0.3, 0.4) is 0 Å². The molecule has 0 amide bonds. The third kappa shape index (κ3) is 1.33. The van der Waals surface area contributed by atoms with Crippen molar-refractivity contribution < 1.29 is 4.92 Å². The van der Waals surface area contributed by atoms with E-state index in [0.29, 0.717) is 4.47 Å². The summed E-state index contributed by atoms with van der Waals surface area (Å²) in [6, 6.07) is 7.28. The van der Waals surface area contributed by atoms with Crippen LogP contribution in [0.25, 0.3) is 0 Å². The van der Waals surface area contributed by atoms with Gasteiger partial charge < -0.3 is 0 Å². The minimum atomic E-state index is -0.482. The van der Waals surface area contributed by atoms with E-state index in [1.54, 1.807) is 12.1 Å². The van der Waals surface area contributed by atoms with Gasteiger partial charge >= 0.3 is 0 Å². The maximum atomic E-state index is 10.2. The lowest BCUT2D eigenvalue weighted by atomic mass is 10.3. The lowest BCUT2D eigenvalue weighted by molar-refractivity contribution is -0.386. The standard InChI is InChI=1S/C6H3BrNO2/c7-5-3-1-2-4-6(5)8(9)10/h1-3H. The monoisotopic (exact) mass is 200 g/mol. The summed E-state index contributed by atoms with van der Waals surface area (Å²) in [5.41, 5.74) is -0.0255. The molecule has 51 valence electrons. The van der Waals surface area contributed by atoms with Gasteiger partial charge in [0.15, 0.2) is 0 Å². The van der Waals surface area contributed by atoms with Gasteiger partial charge in [-0.1, -0.05) is 6.07 Å². The second-order valence-corrected chi connectivity index (χ2v) is 2.48. The molecule has 0 unspecified atom stereocenters. The molecule has 0 aromatic heterocycles. The van der Waals surface area contributed by atoms with Crippen molar-refractivity contribution in [2.75, 3.05) is 0 Å². The van der Waals surface area contributed by atoms with Gasteiger partial charge in [-0.3, -0.25) is 10.1 Å². The Balaban J connectivity index is 3.15. The van der Waals surface area contributed by atoms with Gasteiger partial charge in [0.05, 0.1) is 15.5 Å². The Kier molecular flexibility index (Phi) is 2.01. The molecule has 0 N–H and O–H groups in total. The average molecular weight is 201 g/mol. The highest BCUT2D eigenvalue weighted by Gasteiger charge is 2.08. The second kappa shape index (κ2) is 2.79. The van der Waals surface area contributed by atoms with Gasteiger partial charge in [0.2, 0.25) is 0 Å². The molecule has 0 spiro atoms. The summed E-state index contributed by atoms with van der Waals surface area (Å²) in [7, 11) is 0. The molecular weight excluding hydrogens is 198 g/mol. The lowest BCUT2D eigenvalue weighted by Crippen LogP contribution is -1.87. The number of hydrogen-bond acceptors (Lipinski definition) is 2. The van der Waals surface area contributed by atoms with E-state index >= 15 is 0 Å². The van der Waals surface area contributed by atoms with Gasteiger partial charge in [-0.05, 0) is 28.1 Å². The summed E-state index contributed by atoms with van der Waals surface area (Å²) in [6.07, 6.45) is 0. The van der Waals surface area contributed by atoms with E-state index in [9.17, 15) is 10.1 Å². The van der Waals surface area contributed by atoms with Crippen molar-refractivity contribution in [1.82, 2.24) is 0 Å². The van der Waals surface area contributed by atoms with Crippen LogP contribution < -0.4 is 0 Å². The van der Waals surface area contributed by atoms with Crippen LogP contribution in [0.5, 0.6) is 0 Å². The van der Waals surface area contributed by atoms with E-state index in [1.165, 1.54) is 6.07 Å². The van der Waals surface area contributed by atoms with Crippen LogP contribution in [0.1, 0.15) is 0 Å². The van der Waals surface area contributed by atoms with E-state index in [0.717, 1.165) is 0 Å². The Morgan fingerprint density at radius 2 is 2.40 bits per heavy atom. The Hall–Kier alpha value is -0.900. The van der Waals surface area contributed by atoms with Crippen LogP contribution in [-0.4, -0.2) is 4.92 Å². The average Bonchev–Trinajstić information content (AvgIpc) is 1.88. The number of nitrogens with zero attached hydrogens (tertiary/aromatic N) is 1. The predicted octanol–water partition coefficient (Wildman–Crippen LogP) is 2.16. The smallest absolute Gasteiger partial charge is 0.258 e. The fourth-order valence-electron chi connectivity index (χ4n) is 0.547. The van der Waals surface area contributed by atoms with Gasteiger partial charge in [0.1, 0.15) is 0 Å². The summed E-state index contributed by atoms with van der Waals surface area (Å²) in [6.45, 7) is 0. The summed E-state index contributed by atoms with van der Waals surface area (Å²) in [5, 5.41) is 10.2. The molecule has 0 saturated heterocycles. The first-order valence-electron chi connectivity index (χ1n) is 2.52. The fraction of sp³-hybridized carbons (Fsp3) is 0. The van der Waals surface area contributed by atoms with E-state index in [4.69, 9.17) is 0 Å². The molecule has 0 atom stereocenters. The van der Waals surface area contributed by atoms with Crippen molar-refractivity contribution in [1.29, 1.82) is 0 Å². The number of halogens is 1. The van der Waals surface area contributed by atoms with Crippen molar-refractivity contribution in [2.45, 2.75) is 0 Å². The van der Waals surface area contributed by atoms with Crippen LogP contribution in [0.15, 0.2) is 22.7 Å². The van der Waals surface area contributed by atoms with Gasteiger partial charge in [0.25, 0.3) is 5.69 Å². The molecule has 0 aliphatic rings. The van der Waals surface area contributed by atoms with E-state index in [1.807, 2.05) is 0 Å². The lowest BCUT2D eigenvalue weighted by Gasteiger charge is -1.90. The Morgan fingerprint density at radius 1 is 1.70 bits per heavy atom. The molecule has 0 heterocycles. The molecule has 0 bridgehead atoms. The summed E-state index contributed by atoms with van der Waals surface area (Å²) in [5.74, 6) is 0. The first-order chi connectivity index (χ1) is 4.72. The molecule has 0 aliphatic heterocycles. The third-order valence-corrected chi connectivity index (χ3v) is 1.61. The van der Waals surface area contributed by atoms with Crippen LogP contribution in [0, 0.1) is 16.2 Å². The van der Waals surface area contributed by atoms with Gasteiger partial charge in [-0.25, -0.2) is 0 Å². The summed E-state index contributed by atoms with van der Waals surface area (Å²) < 4.78 is 0.458. The first kappa shape index (κ1) is 7.21. The van der Waals surface area contributed by atoms with Gasteiger partial charge in [0, 0.05) is 0 Å². The van der Waals surface area contributed by atoms with E-state index in [2.05, 4.69) is 22.0 Å². The minimum Gasteiger partial charge on any atom is -0.258 e. The van der Waals surface area contributed by atoms with E-state index < -0.39 is 4.92 Å². The van der Waals surface area contributed by atoms with Crippen molar-refractivity contribution in [3.05, 3.63) is 38.9 Å². The molecule has 0 fully saturated rings. The Morgan fingerprint density at radius 3 is 2.80 bits per heavy atom. The molecular formula is C6H3BrNO2. The number of nitro groups is 1. The molecule has 3 nitrogen and oxygen atoms in total. The van der Waals surface area contributed by atoms with Gasteiger partial charge in [-0.15, -0.1) is 0 Å². The maximum Gasteiger partial charge on any atom is 0.291 e. The Labute approximate surface area is 66.0 Å². The van der Waals surface area contributed by atoms with E-state index in [-0.39, 0.29) is 5.69 Å². The number of rotatable bonds is 1. The summed E-state index contributed by atoms with van der Waals surface area (Å²) in [4.78, 5) is 9.68. The molecule has 1 rings (SSSR count). The van der Waals surface area contributed by atoms with Crippen molar-refractivity contribution in [3.8, 4) is 0 Å². The highest BCUT2D eigenvalue weighted by Crippen LogP contribution is 2.22. The topological polar surface area (TPSA) is 43.1 Å². The zero-order valence-corrected chi connectivity index (χ0v) is 6.46. The molecule has 4 heteroatoms. The molecule has 1 aromatic rings. The Bertz CT molecular complexity index is 262. The molecule has 0 aliphatic carbocycles. The van der Waals surface area contributed by atoms with Crippen molar-refractivity contribution in [3.63, 3.8) is 0 Å². The first-order valence-corrected chi connectivity index (χ1v) is 3.31. The van der Waals surface area contributed by atoms with Crippen molar-refractivity contribution >= 4 is 21.6 Å². The SMILES string of the molecule is O=[N+]([O-])c1[c]cccc1Br. The molecule has 0 saturated carbocycles. The quantitative estimate of drug-likeness (QED) is 0.516. The maximum absolute atomic E-state index is 10.2. The van der Waals surface area contributed by atoms with Gasteiger partial charge in [-0.2, -0.15) is 0 Å². The minimum absolute atomic E-state index is 0.0255. The number of para-hydroxylation sites is 1. The predicted molar refractivity (Wildman–Crippen MR) is 39.6 cm³/mol. The highest BCUT2D eigenvalue weighted by molar-refractivity contribution is 9.10. The number of nitro benzene ring substituents is 1. The fourth-order valence-corrected chi connectivity index (χ4v) is 0.959. The second-order valence-electron chi connectivity index (χ2n) is 1.62. The van der Waals surface area contributed by atoms with Crippen LogP contribution in [-0.2, 0) is 0 Å². The largest absolute Gasteiger partial charge is 0.291 e. The molecule has 10 heavy (non-hydrogen) atoms. The highest BCUT2D eigenvalue weighted by atomic mass is 79.9. The normalized spacial score (nSPS) is 9.30. The third-order valence-electron chi connectivity index (χ3n) is 0.968. The zero-order chi connectivity index (χ0) is 7.56. The number of hydrogen-bond donors (Lipinski definition) is 0. The van der Waals surface area contributed by atoms with Crippen LogP contribution in [0.2, 0.25) is 0 Å². The molecule has 1 radical (unpaired) electrons. The van der Waals surface area contributed by atoms with Crippen LogP contribution >= 0.6 is 15.9 Å². The summed E-state index contributed by atoms with van der Waals surface area (Å²) >= 11 is 3.02.